The van der Waals surface area contributed by atoms with Crippen molar-refractivity contribution in [2.24, 2.45) is 5.73 Å². The summed E-state index contributed by atoms with van der Waals surface area (Å²) in [6.45, 7) is 1.59. The highest BCUT2D eigenvalue weighted by Crippen LogP contribution is 2.26. The van der Waals surface area contributed by atoms with Gasteiger partial charge >= 0.3 is 6.09 Å². The molecule has 0 unspecified atom stereocenters. The number of carbonyl (C=O) groups excluding carboxylic acids is 1. The van der Waals surface area contributed by atoms with Crippen LogP contribution in [0.5, 0.6) is 0 Å². The van der Waals surface area contributed by atoms with Crippen molar-refractivity contribution < 1.29 is 19.0 Å². The fraction of sp³-hybridized carbons (Fsp3) is 0.364. The molecule has 1 rings (SSSR count). The molecule has 0 saturated heterocycles. The average molecular weight is 286 g/mol. The van der Waals surface area contributed by atoms with Gasteiger partial charge in [-0.3, -0.25) is 10.1 Å². The van der Waals surface area contributed by atoms with Crippen molar-refractivity contribution in [3.8, 4) is 0 Å². The molecule has 0 aliphatic heterocycles. The van der Waals surface area contributed by atoms with E-state index in [1.54, 1.807) is 6.92 Å². The molecule has 0 fully saturated rings. The summed E-state index contributed by atoms with van der Waals surface area (Å²) in [6, 6.07) is 4.11. The summed E-state index contributed by atoms with van der Waals surface area (Å²) >= 11 is -1.17. The van der Waals surface area contributed by atoms with Gasteiger partial charge in [-0.1, -0.05) is 11.2 Å². The van der Waals surface area contributed by atoms with Crippen LogP contribution >= 0.6 is 0 Å². The van der Waals surface area contributed by atoms with Gasteiger partial charge in [0.05, 0.1) is 11.2 Å². The largest absolute Gasteiger partial charge is 0.616 e. The molecule has 0 aliphatic rings. The molecule has 2 atom stereocenters. The number of benzene rings is 1. The second-order valence-corrected chi connectivity index (χ2v) is 5.37. The van der Waals surface area contributed by atoms with Crippen LogP contribution in [-0.2, 0) is 21.7 Å². The van der Waals surface area contributed by atoms with Gasteiger partial charge in [0.15, 0.2) is 0 Å². The van der Waals surface area contributed by atoms with E-state index in [-0.39, 0.29) is 11.4 Å². The van der Waals surface area contributed by atoms with Crippen LogP contribution in [0.2, 0.25) is 0 Å². The lowest BCUT2D eigenvalue weighted by Gasteiger charge is -2.16. The Kier molecular flexibility index (Phi) is 5.13. The van der Waals surface area contributed by atoms with E-state index in [9.17, 15) is 19.5 Å². The average Bonchev–Trinajstić information content (AvgIpc) is 2.26. The summed E-state index contributed by atoms with van der Waals surface area (Å²) in [5, 5.41) is 10.7. The van der Waals surface area contributed by atoms with Crippen molar-refractivity contribution in [2.75, 3.05) is 6.26 Å². The van der Waals surface area contributed by atoms with Gasteiger partial charge in [0.25, 0.3) is 5.69 Å². The number of carbonyl (C=O) groups is 1. The highest BCUT2D eigenvalue weighted by molar-refractivity contribution is 7.89. The molecule has 0 saturated carbocycles. The number of amides is 1. The Bertz CT molecular complexity index is 492. The molecule has 104 valence electrons. The van der Waals surface area contributed by atoms with Gasteiger partial charge < -0.3 is 15.0 Å². The third-order valence-corrected chi connectivity index (χ3v) is 3.14. The standard InChI is InChI=1S/C11H14N2O5S/c1-7(18-11(12)14)10-4-3-9(13(15)16)5-8(10)6-19(2)17/h3-5,7H,6H2,1-2H3,(H2,12,14)/t7-,19+/m1/s1. The SMILES string of the molecule is C[C@@H](OC(N)=O)c1ccc([N+](=O)[O-])cc1C[S@+](C)[O-]. The highest BCUT2D eigenvalue weighted by atomic mass is 32.2. The Labute approximate surface area is 113 Å². The predicted molar refractivity (Wildman–Crippen MR) is 70.0 cm³/mol. The van der Waals surface area contributed by atoms with Crippen LogP contribution in [0.3, 0.4) is 0 Å². The van der Waals surface area contributed by atoms with Crippen LogP contribution < -0.4 is 5.73 Å². The molecule has 1 aromatic carbocycles. The molecular weight excluding hydrogens is 272 g/mol. The lowest BCUT2D eigenvalue weighted by molar-refractivity contribution is -0.384. The minimum atomic E-state index is -1.17. The highest BCUT2D eigenvalue weighted by Gasteiger charge is 2.19. The number of ether oxygens (including phenoxy) is 1. The van der Waals surface area contributed by atoms with E-state index in [0.717, 1.165) is 0 Å². The van der Waals surface area contributed by atoms with Gasteiger partial charge in [-0.15, -0.1) is 0 Å². The first-order valence-electron chi connectivity index (χ1n) is 5.34. The number of nitro benzene ring substituents is 1. The Hall–Kier alpha value is -1.80. The Morgan fingerprint density at radius 1 is 1.58 bits per heavy atom. The van der Waals surface area contributed by atoms with Crippen LogP contribution in [-0.4, -0.2) is 21.8 Å². The van der Waals surface area contributed by atoms with Gasteiger partial charge in [-0.25, -0.2) is 4.79 Å². The summed E-state index contributed by atoms with van der Waals surface area (Å²) in [6.07, 6.45) is -0.103. The molecule has 8 heteroatoms. The number of nitro groups is 1. The fourth-order valence-corrected chi connectivity index (χ4v) is 2.37. The number of non-ortho nitro benzene ring substituents is 1. The molecule has 19 heavy (non-hydrogen) atoms. The Morgan fingerprint density at radius 3 is 2.68 bits per heavy atom. The van der Waals surface area contributed by atoms with Gasteiger partial charge in [-0.2, -0.15) is 0 Å². The monoisotopic (exact) mass is 286 g/mol. The zero-order valence-corrected chi connectivity index (χ0v) is 11.3. The van der Waals surface area contributed by atoms with Gasteiger partial charge in [0.2, 0.25) is 0 Å². The normalized spacial score (nSPS) is 13.6. The first-order chi connectivity index (χ1) is 8.81. The third kappa shape index (κ3) is 4.42. The van der Waals surface area contributed by atoms with Crippen molar-refractivity contribution in [1.82, 2.24) is 0 Å². The first-order valence-corrected chi connectivity index (χ1v) is 7.07. The van der Waals surface area contributed by atoms with E-state index in [0.29, 0.717) is 11.1 Å². The lowest BCUT2D eigenvalue weighted by Crippen LogP contribution is -2.17. The fourth-order valence-electron chi connectivity index (χ4n) is 1.68. The van der Waals surface area contributed by atoms with Crippen LogP contribution in [0.4, 0.5) is 10.5 Å². The summed E-state index contributed by atoms with van der Waals surface area (Å²) in [4.78, 5) is 20.9. The van der Waals surface area contributed by atoms with Crippen molar-refractivity contribution in [3.05, 3.63) is 39.4 Å². The zero-order valence-electron chi connectivity index (χ0n) is 10.5. The number of hydrogen-bond acceptors (Lipinski definition) is 5. The number of hydrogen-bond donors (Lipinski definition) is 1. The van der Waals surface area contributed by atoms with Gasteiger partial charge in [-0.05, 0) is 13.0 Å². The number of nitrogens with two attached hydrogens (primary N) is 1. The van der Waals surface area contributed by atoms with Crippen LogP contribution in [0.1, 0.15) is 24.2 Å². The number of nitrogens with zero attached hydrogens (tertiary/aromatic N) is 1. The molecular formula is C11H14N2O5S. The maximum absolute atomic E-state index is 11.3. The van der Waals surface area contributed by atoms with Crippen molar-refractivity contribution in [1.29, 1.82) is 0 Å². The van der Waals surface area contributed by atoms with E-state index in [1.807, 2.05) is 0 Å². The quantitative estimate of drug-likeness (QED) is 0.501. The van der Waals surface area contributed by atoms with E-state index in [1.165, 1.54) is 24.5 Å². The van der Waals surface area contributed by atoms with E-state index in [2.05, 4.69) is 0 Å². The second kappa shape index (κ2) is 6.39. The maximum Gasteiger partial charge on any atom is 0.405 e. The van der Waals surface area contributed by atoms with Gasteiger partial charge in [0, 0.05) is 23.3 Å². The van der Waals surface area contributed by atoms with Crippen molar-refractivity contribution >= 4 is 23.0 Å². The molecule has 2 N–H and O–H groups in total. The summed E-state index contributed by atoms with van der Waals surface area (Å²) < 4.78 is 16.1. The minimum absolute atomic E-state index is 0.101. The van der Waals surface area contributed by atoms with E-state index in [4.69, 9.17) is 10.5 Å². The lowest BCUT2D eigenvalue weighted by atomic mass is 10.0. The molecule has 1 amide bonds. The number of primary amides is 1. The molecule has 1 aromatic rings. The van der Waals surface area contributed by atoms with Crippen molar-refractivity contribution in [2.45, 2.75) is 18.8 Å². The minimum Gasteiger partial charge on any atom is -0.616 e. The molecule has 0 bridgehead atoms. The summed E-state index contributed by atoms with van der Waals surface area (Å²) in [5.74, 6) is 0.142. The van der Waals surface area contributed by atoms with Crippen LogP contribution in [0.25, 0.3) is 0 Å². The summed E-state index contributed by atoms with van der Waals surface area (Å²) in [7, 11) is 0. The van der Waals surface area contributed by atoms with Crippen molar-refractivity contribution in [3.63, 3.8) is 0 Å². The van der Waals surface area contributed by atoms with E-state index < -0.39 is 28.3 Å². The number of rotatable bonds is 5. The molecule has 0 spiro atoms. The molecule has 0 radical (unpaired) electrons. The predicted octanol–water partition coefficient (Wildman–Crippen LogP) is 1.63. The molecule has 0 aliphatic carbocycles. The topological polar surface area (TPSA) is 119 Å². The van der Waals surface area contributed by atoms with Crippen LogP contribution in [0.15, 0.2) is 18.2 Å². The maximum atomic E-state index is 11.3. The molecule has 0 heterocycles. The molecule has 0 aromatic heterocycles. The third-order valence-electron chi connectivity index (χ3n) is 2.43. The Morgan fingerprint density at radius 2 is 2.21 bits per heavy atom. The Balaban J connectivity index is 3.14. The van der Waals surface area contributed by atoms with Gasteiger partial charge in [0.1, 0.15) is 11.9 Å². The first kappa shape index (κ1) is 15.3. The molecule has 7 nitrogen and oxygen atoms in total. The van der Waals surface area contributed by atoms with Crippen LogP contribution in [0, 0.1) is 10.1 Å². The summed E-state index contributed by atoms with van der Waals surface area (Å²) in [5.41, 5.74) is 5.89. The second-order valence-electron chi connectivity index (χ2n) is 3.94. The zero-order chi connectivity index (χ0) is 14.6. The van der Waals surface area contributed by atoms with E-state index >= 15 is 0 Å². The smallest absolute Gasteiger partial charge is 0.405 e.